The summed E-state index contributed by atoms with van der Waals surface area (Å²) in [7, 11) is -3.63. The predicted octanol–water partition coefficient (Wildman–Crippen LogP) is 4.41. The lowest BCUT2D eigenvalue weighted by atomic mass is 9.97. The van der Waals surface area contributed by atoms with Crippen LogP contribution in [0.15, 0.2) is 45.7 Å². The molecule has 6 heteroatoms. The number of anilines is 1. The van der Waals surface area contributed by atoms with Crippen LogP contribution in [0.1, 0.15) is 44.2 Å². The van der Waals surface area contributed by atoms with E-state index in [1.54, 1.807) is 30.3 Å². The van der Waals surface area contributed by atoms with Gasteiger partial charge in [-0.25, -0.2) is 13.4 Å². The molecule has 0 aliphatic heterocycles. The van der Waals surface area contributed by atoms with Gasteiger partial charge in [-0.05, 0) is 60.7 Å². The molecule has 26 heavy (non-hydrogen) atoms. The first kappa shape index (κ1) is 17.1. The average Bonchev–Trinajstić information content (AvgIpc) is 3.19. The van der Waals surface area contributed by atoms with Crippen molar-refractivity contribution in [2.45, 2.75) is 50.3 Å². The van der Waals surface area contributed by atoms with Crippen LogP contribution < -0.4 is 4.72 Å². The van der Waals surface area contributed by atoms with Crippen molar-refractivity contribution in [1.29, 1.82) is 0 Å². The summed E-state index contributed by atoms with van der Waals surface area (Å²) in [6.07, 6.45) is 3.06. The molecule has 3 aromatic rings. The van der Waals surface area contributed by atoms with Gasteiger partial charge in [-0.1, -0.05) is 26.8 Å². The smallest absolute Gasteiger partial charge is 0.261 e. The summed E-state index contributed by atoms with van der Waals surface area (Å²) in [5.41, 5.74) is 3.95. The maximum atomic E-state index is 12.7. The summed E-state index contributed by atoms with van der Waals surface area (Å²) in [4.78, 5) is 4.79. The number of hydrogen-bond donors (Lipinski definition) is 1. The second kappa shape index (κ2) is 5.84. The van der Waals surface area contributed by atoms with Crippen LogP contribution in [0.4, 0.5) is 5.69 Å². The monoisotopic (exact) mass is 370 g/mol. The molecule has 0 bridgehead atoms. The van der Waals surface area contributed by atoms with Crippen molar-refractivity contribution in [2.24, 2.45) is 0 Å². The zero-order chi connectivity index (χ0) is 18.5. The van der Waals surface area contributed by atoms with E-state index >= 15 is 0 Å². The highest BCUT2D eigenvalue weighted by Gasteiger charge is 2.22. The van der Waals surface area contributed by atoms with E-state index in [0.717, 1.165) is 24.8 Å². The lowest BCUT2D eigenvalue weighted by Crippen LogP contribution is -2.13. The highest BCUT2D eigenvalue weighted by atomic mass is 32.2. The summed E-state index contributed by atoms with van der Waals surface area (Å²) in [6, 6.07) is 10.5. The van der Waals surface area contributed by atoms with Gasteiger partial charge in [-0.3, -0.25) is 4.72 Å². The molecule has 1 N–H and O–H groups in total. The first-order chi connectivity index (χ1) is 12.2. The number of aromatic nitrogens is 1. The first-order valence-electron chi connectivity index (χ1n) is 8.78. The van der Waals surface area contributed by atoms with E-state index in [4.69, 9.17) is 4.42 Å². The van der Waals surface area contributed by atoms with Crippen molar-refractivity contribution < 1.29 is 12.8 Å². The Morgan fingerprint density at radius 3 is 2.58 bits per heavy atom. The van der Waals surface area contributed by atoms with Crippen molar-refractivity contribution in [3.8, 4) is 0 Å². The Hall–Kier alpha value is -2.34. The van der Waals surface area contributed by atoms with E-state index in [9.17, 15) is 8.42 Å². The minimum Gasteiger partial charge on any atom is -0.440 e. The summed E-state index contributed by atoms with van der Waals surface area (Å²) in [6.45, 7) is 6.07. The second-order valence-corrected chi connectivity index (χ2v) is 9.52. The van der Waals surface area contributed by atoms with E-state index in [1.807, 2.05) is 26.8 Å². The Bertz CT molecular complexity index is 1090. The fourth-order valence-electron chi connectivity index (χ4n) is 3.24. The van der Waals surface area contributed by atoms with Gasteiger partial charge in [0, 0.05) is 5.41 Å². The normalized spacial score (nSPS) is 14.6. The van der Waals surface area contributed by atoms with Gasteiger partial charge in [0.15, 0.2) is 5.58 Å². The molecular formula is C20H22N2O3S. The molecular weight excluding hydrogens is 348 g/mol. The Kier molecular flexibility index (Phi) is 3.84. The maximum Gasteiger partial charge on any atom is 0.261 e. The SMILES string of the molecule is CC(C)(C)c1nc2cc(NS(=O)(=O)c3ccc4c(c3)CCC4)ccc2o1. The van der Waals surface area contributed by atoms with Gasteiger partial charge in [0.25, 0.3) is 10.0 Å². The molecule has 0 fully saturated rings. The summed E-state index contributed by atoms with van der Waals surface area (Å²) < 4.78 is 33.9. The van der Waals surface area contributed by atoms with Crippen LogP contribution >= 0.6 is 0 Å². The van der Waals surface area contributed by atoms with Crippen molar-refractivity contribution in [1.82, 2.24) is 4.98 Å². The molecule has 4 rings (SSSR count). The second-order valence-electron chi connectivity index (χ2n) is 7.84. The topological polar surface area (TPSA) is 72.2 Å². The van der Waals surface area contributed by atoms with Crippen LogP contribution in [0.25, 0.3) is 11.1 Å². The number of nitrogens with one attached hydrogen (secondary N) is 1. The van der Waals surface area contributed by atoms with Crippen LogP contribution in [0.5, 0.6) is 0 Å². The molecule has 0 saturated heterocycles. The molecule has 0 saturated carbocycles. The minimum atomic E-state index is -3.63. The highest BCUT2D eigenvalue weighted by molar-refractivity contribution is 7.92. The Morgan fingerprint density at radius 1 is 1.04 bits per heavy atom. The fraction of sp³-hybridized carbons (Fsp3) is 0.350. The number of hydrogen-bond acceptors (Lipinski definition) is 4. The number of benzene rings is 2. The lowest BCUT2D eigenvalue weighted by Gasteiger charge is -2.11. The number of sulfonamides is 1. The molecule has 1 aliphatic rings. The number of rotatable bonds is 3. The standard InChI is InChI=1S/C20H22N2O3S/c1-20(2,3)19-21-17-12-15(8-10-18(17)25-19)22-26(23,24)16-9-7-13-5-4-6-14(13)11-16/h7-12,22H,4-6H2,1-3H3. The number of fused-ring (bicyclic) bond motifs is 2. The van der Waals surface area contributed by atoms with E-state index in [-0.39, 0.29) is 5.41 Å². The van der Waals surface area contributed by atoms with Gasteiger partial charge in [0.2, 0.25) is 5.89 Å². The van der Waals surface area contributed by atoms with Gasteiger partial charge in [0.1, 0.15) is 5.52 Å². The molecule has 0 unspecified atom stereocenters. The summed E-state index contributed by atoms with van der Waals surface area (Å²) in [5.74, 6) is 0.631. The third-order valence-corrected chi connectivity index (χ3v) is 6.04. The molecule has 1 aromatic heterocycles. The number of nitrogens with zero attached hydrogens (tertiary/aromatic N) is 1. The molecule has 1 aliphatic carbocycles. The van der Waals surface area contributed by atoms with Gasteiger partial charge in [0.05, 0.1) is 10.6 Å². The highest BCUT2D eigenvalue weighted by Crippen LogP contribution is 2.29. The predicted molar refractivity (Wildman–Crippen MR) is 102 cm³/mol. The molecule has 0 spiro atoms. The lowest BCUT2D eigenvalue weighted by molar-refractivity contribution is 0.411. The van der Waals surface area contributed by atoms with Gasteiger partial charge in [-0.15, -0.1) is 0 Å². The first-order valence-corrected chi connectivity index (χ1v) is 10.3. The quantitative estimate of drug-likeness (QED) is 0.741. The van der Waals surface area contributed by atoms with Crippen LogP contribution in [0, 0.1) is 0 Å². The summed E-state index contributed by atoms with van der Waals surface area (Å²) >= 11 is 0. The molecule has 1 heterocycles. The zero-order valence-electron chi connectivity index (χ0n) is 15.2. The van der Waals surface area contributed by atoms with Crippen LogP contribution in [0.3, 0.4) is 0 Å². The van der Waals surface area contributed by atoms with Crippen molar-refractivity contribution >= 4 is 26.8 Å². The van der Waals surface area contributed by atoms with Gasteiger partial charge < -0.3 is 4.42 Å². The third-order valence-electron chi connectivity index (χ3n) is 4.66. The fourth-order valence-corrected chi connectivity index (χ4v) is 4.34. The van der Waals surface area contributed by atoms with Gasteiger partial charge in [-0.2, -0.15) is 0 Å². The van der Waals surface area contributed by atoms with E-state index in [1.165, 1.54) is 5.56 Å². The average molecular weight is 370 g/mol. The molecule has 5 nitrogen and oxygen atoms in total. The molecule has 0 atom stereocenters. The molecule has 136 valence electrons. The van der Waals surface area contributed by atoms with Crippen LogP contribution in [0.2, 0.25) is 0 Å². The van der Waals surface area contributed by atoms with Gasteiger partial charge >= 0.3 is 0 Å². The number of oxazole rings is 1. The molecule has 0 radical (unpaired) electrons. The van der Waals surface area contributed by atoms with Crippen molar-refractivity contribution in [2.75, 3.05) is 4.72 Å². The minimum absolute atomic E-state index is 0.205. The Labute approximate surface area is 153 Å². The largest absolute Gasteiger partial charge is 0.440 e. The van der Waals surface area contributed by atoms with Crippen LogP contribution in [-0.4, -0.2) is 13.4 Å². The maximum absolute atomic E-state index is 12.7. The summed E-state index contributed by atoms with van der Waals surface area (Å²) in [5, 5.41) is 0. The molecule has 0 amide bonds. The zero-order valence-corrected chi connectivity index (χ0v) is 16.0. The van der Waals surface area contributed by atoms with E-state index in [2.05, 4.69) is 9.71 Å². The Morgan fingerprint density at radius 2 is 1.81 bits per heavy atom. The van der Waals surface area contributed by atoms with Crippen molar-refractivity contribution in [3.05, 3.63) is 53.4 Å². The van der Waals surface area contributed by atoms with E-state index < -0.39 is 10.0 Å². The Balaban J connectivity index is 1.65. The van der Waals surface area contributed by atoms with E-state index in [0.29, 0.717) is 27.6 Å². The third kappa shape index (κ3) is 3.09. The number of aryl methyl sites for hydroxylation is 2. The van der Waals surface area contributed by atoms with Crippen LogP contribution in [-0.2, 0) is 28.3 Å². The van der Waals surface area contributed by atoms with Crippen molar-refractivity contribution in [3.63, 3.8) is 0 Å². The molecule has 2 aromatic carbocycles.